The van der Waals surface area contributed by atoms with Gasteiger partial charge in [0.15, 0.2) is 0 Å². The summed E-state index contributed by atoms with van der Waals surface area (Å²) in [6, 6.07) is 12.3. The van der Waals surface area contributed by atoms with Crippen molar-refractivity contribution >= 4 is 5.97 Å². The van der Waals surface area contributed by atoms with Crippen LogP contribution >= 0.6 is 0 Å². The minimum atomic E-state index is -1.18. The van der Waals surface area contributed by atoms with Crippen molar-refractivity contribution in [3.63, 3.8) is 0 Å². The number of hydrogen-bond acceptors (Lipinski definition) is 4. The van der Waals surface area contributed by atoms with E-state index in [0.717, 1.165) is 22.3 Å². The van der Waals surface area contributed by atoms with E-state index in [0.29, 0.717) is 12.2 Å². The molecule has 0 fully saturated rings. The first-order chi connectivity index (χ1) is 13.4. The van der Waals surface area contributed by atoms with E-state index < -0.39 is 29.8 Å². The fourth-order valence-corrected chi connectivity index (χ4v) is 2.98. The maximum atomic E-state index is 13.2. The van der Waals surface area contributed by atoms with E-state index in [1.165, 1.54) is 16.7 Å². The normalized spacial score (nSPS) is 10.8. The maximum absolute atomic E-state index is 13.2. The van der Waals surface area contributed by atoms with Crippen LogP contribution in [0.4, 0.5) is 4.39 Å². The van der Waals surface area contributed by atoms with E-state index in [1.54, 1.807) is 19.2 Å². The molecule has 0 radical (unpaired) electrons. The average Bonchev–Trinajstić information content (AvgIpc) is 2.90. The number of carbonyl (C=O) groups is 1. The van der Waals surface area contributed by atoms with Crippen LogP contribution in [0.3, 0.4) is 0 Å². The summed E-state index contributed by atoms with van der Waals surface area (Å²) in [5.74, 6) is -1.42. The zero-order valence-corrected chi connectivity index (χ0v) is 15.1. The summed E-state index contributed by atoms with van der Waals surface area (Å²) in [5.41, 5.74) is 0.575. The van der Waals surface area contributed by atoms with Crippen molar-refractivity contribution in [3.05, 3.63) is 76.1 Å². The Morgan fingerprint density at radius 1 is 1.11 bits per heavy atom. The van der Waals surface area contributed by atoms with Gasteiger partial charge in [0.1, 0.15) is 11.6 Å². The zero-order chi connectivity index (χ0) is 20.3. The zero-order valence-electron chi connectivity index (χ0n) is 15.1. The van der Waals surface area contributed by atoms with Crippen LogP contribution in [0.15, 0.2) is 53.3 Å². The number of aromatic nitrogens is 2. The van der Waals surface area contributed by atoms with Crippen LogP contribution in [-0.2, 0) is 24.2 Å². The van der Waals surface area contributed by atoms with Gasteiger partial charge in [-0.3, -0.25) is 9.36 Å². The van der Waals surface area contributed by atoms with E-state index in [9.17, 15) is 19.1 Å². The number of nitrogens with zero attached hydrogens (tertiary/aromatic N) is 2. The molecule has 146 valence electrons. The molecule has 1 aromatic heterocycles. The summed E-state index contributed by atoms with van der Waals surface area (Å²) in [6.07, 6.45) is -0.0682. The predicted molar refractivity (Wildman–Crippen MR) is 99.7 cm³/mol. The van der Waals surface area contributed by atoms with Gasteiger partial charge in [-0.15, -0.1) is 0 Å². The molecular weight excluding hydrogens is 367 g/mol. The lowest BCUT2D eigenvalue weighted by atomic mass is 10.1. The molecule has 0 saturated carbocycles. The highest BCUT2D eigenvalue weighted by Crippen LogP contribution is 2.22. The largest absolute Gasteiger partial charge is 0.497 e. The van der Waals surface area contributed by atoms with Crippen molar-refractivity contribution in [2.75, 3.05) is 7.11 Å². The van der Waals surface area contributed by atoms with Gasteiger partial charge in [0.25, 0.3) is 0 Å². The number of ether oxygens (including phenoxy) is 1. The number of methoxy groups -OCH3 is 1. The average molecular weight is 386 g/mol. The smallest absolute Gasteiger partial charge is 0.335 e. The van der Waals surface area contributed by atoms with Gasteiger partial charge in [0.2, 0.25) is 5.88 Å². The SMILES string of the molecule is COc1ccc(CCn2c(CC(=O)O)c(O)n(-c3ccc(F)cc3)c2=O)cc1. The molecule has 28 heavy (non-hydrogen) atoms. The number of benzene rings is 2. The lowest BCUT2D eigenvalue weighted by Gasteiger charge is -2.07. The molecule has 0 atom stereocenters. The van der Waals surface area contributed by atoms with Crippen LogP contribution in [0.1, 0.15) is 11.3 Å². The molecule has 0 bridgehead atoms. The summed E-state index contributed by atoms with van der Waals surface area (Å²) in [7, 11) is 1.56. The van der Waals surface area contributed by atoms with Gasteiger partial charge in [-0.25, -0.2) is 13.8 Å². The molecule has 2 N–H and O–H groups in total. The minimum absolute atomic E-state index is 0.00432. The summed E-state index contributed by atoms with van der Waals surface area (Å²) in [4.78, 5) is 24.1. The molecule has 2 aromatic carbocycles. The van der Waals surface area contributed by atoms with E-state index >= 15 is 0 Å². The lowest BCUT2D eigenvalue weighted by Crippen LogP contribution is -2.25. The van der Waals surface area contributed by atoms with Crippen molar-refractivity contribution in [3.8, 4) is 17.3 Å². The number of aromatic hydroxyl groups is 1. The second kappa shape index (κ2) is 7.99. The quantitative estimate of drug-likeness (QED) is 0.650. The first-order valence-electron chi connectivity index (χ1n) is 8.54. The number of carboxylic acids is 1. The molecular formula is C20H19FN2O5. The highest BCUT2D eigenvalue weighted by molar-refractivity contribution is 5.70. The Kier molecular flexibility index (Phi) is 5.49. The Morgan fingerprint density at radius 3 is 2.32 bits per heavy atom. The first kappa shape index (κ1) is 19.2. The van der Waals surface area contributed by atoms with Crippen LogP contribution in [0.25, 0.3) is 5.69 Å². The molecule has 0 spiro atoms. The lowest BCUT2D eigenvalue weighted by molar-refractivity contribution is -0.136. The van der Waals surface area contributed by atoms with Crippen LogP contribution in [0.2, 0.25) is 0 Å². The van der Waals surface area contributed by atoms with Crippen LogP contribution in [0, 0.1) is 5.82 Å². The number of halogens is 1. The molecule has 8 heteroatoms. The summed E-state index contributed by atoms with van der Waals surface area (Å²) in [5, 5.41) is 19.7. The molecule has 0 aliphatic rings. The van der Waals surface area contributed by atoms with Gasteiger partial charge in [-0.2, -0.15) is 0 Å². The van der Waals surface area contributed by atoms with Gasteiger partial charge >= 0.3 is 11.7 Å². The van der Waals surface area contributed by atoms with Crippen LogP contribution < -0.4 is 10.4 Å². The Hall–Kier alpha value is -3.55. The molecule has 0 saturated heterocycles. The molecule has 0 aliphatic carbocycles. The third-order valence-electron chi connectivity index (χ3n) is 4.40. The fourth-order valence-electron chi connectivity index (χ4n) is 2.98. The minimum Gasteiger partial charge on any atom is -0.497 e. The first-order valence-corrected chi connectivity index (χ1v) is 8.54. The monoisotopic (exact) mass is 386 g/mol. The van der Waals surface area contributed by atoms with Crippen molar-refractivity contribution in [1.82, 2.24) is 9.13 Å². The Morgan fingerprint density at radius 2 is 1.75 bits per heavy atom. The Bertz CT molecular complexity index is 1040. The molecule has 7 nitrogen and oxygen atoms in total. The number of hydrogen-bond donors (Lipinski definition) is 2. The molecule has 0 aliphatic heterocycles. The van der Waals surface area contributed by atoms with Crippen molar-refractivity contribution in [2.45, 2.75) is 19.4 Å². The van der Waals surface area contributed by atoms with Gasteiger partial charge in [0.05, 0.1) is 24.9 Å². The van der Waals surface area contributed by atoms with Crippen LogP contribution in [0.5, 0.6) is 11.6 Å². The third-order valence-corrected chi connectivity index (χ3v) is 4.40. The highest BCUT2D eigenvalue weighted by Gasteiger charge is 2.22. The van der Waals surface area contributed by atoms with Gasteiger partial charge < -0.3 is 14.9 Å². The molecule has 0 amide bonds. The van der Waals surface area contributed by atoms with Gasteiger partial charge in [-0.1, -0.05) is 12.1 Å². The van der Waals surface area contributed by atoms with E-state index in [2.05, 4.69) is 0 Å². The number of aryl methyl sites for hydroxylation is 1. The predicted octanol–water partition coefficient (Wildman–Crippen LogP) is 2.36. The second-order valence-corrected chi connectivity index (χ2v) is 6.18. The van der Waals surface area contributed by atoms with E-state index in [-0.39, 0.29) is 17.9 Å². The molecule has 3 aromatic rings. The standard InChI is InChI=1S/C20H19FN2O5/c1-28-16-8-2-13(3-9-16)10-11-22-17(12-18(24)25)19(26)23(20(22)27)15-6-4-14(21)5-7-15/h2-9,26H,10-12H2,1H3,(H,24,25). The summed E-state index contributed by atoms with van der Waals surface area (Å²) < 4.78 is 20.5. The van der Waals surface area contributed by atoms with E-state index in [1.807, 2.05) is 12.1 Å². The molecule has 3 rings (SSSR count). The van der Waals surface area contributed by atoms with Crippen molar-refractivity contribution < 1.29 is 24.1 Å². The summed E-state index contributed by atoms with van der Waals surface area (Å²) >= 11 is 0. The second-order valence-electron chi connectivity index (χ2n) is 6.18. The fraction of sp³-hybridized carbons (Fsp3) is 0.200. The van der Waals surface area contributed by atoms with Crippen molar-refractivity contribution in [2.24, 2.45) is 0 Å². The third kappa shape index (κ3) is 3.90. The number of aliphatic carboxylic acids is 1. The molecule has 0 unspecified atom stereocenters. The van der Waals surface area contributed by atoms with Crippen molar-refractivity contribution in [1.29, 1.82) is 0 Å². The number of imidazole rings is 1. The molecule has 1 heterocycles. The van der Waals surface area contributed by atoms with Crippen LogP contribution in [-0.4, -0.2) is 32.4 Å². The highest BCUT2D eigenvalue weighted by atomic mass is 19.1. The van der Waals surface area contributed by atoms with Gasteiger partial charge in [0, 0.05) is 6.54 Å². The topological polar surface area (TPSA) is 93.7 Å². The Balaban J connectivity index is 1.98. The van der Waals surface area contributed by atoms with E-state index in [4.69, 9.17) is 9.84 Å². The number of rotatable bonds is 7. The Labute approximate surface area is 159 Å². The summed E-state index contributed by atoms with van der Waals surface area (Å²) in [6.45, 7) is 0.176. The van der Waals surface area contributed by atoms with Gasteiger partial charge in [-0.05, 0) is 48.4 Å². The number of carboxylic acid groups (broad SMARTS) is 1. The maximum Gasteiger partial charge on any atom is 0.335 e.